The zero-order valence-corrected chi connectivity index (χ0v) is 12.8. The predicted molar refractivity (Wildman–Crippen MR) is 61.2 cm³/mol. The average molecular weight is 274 g/mol. The first-order chi connectivity index (χ1) is 8.31. The topological polar surface area (TPSA) is 111 Å². The van der Waals surface area contributed by atoms with Gasteiger partial charge >= 0.3 is 35.2 Å². The van der Waals surface area contributed by atoms with Gasteiger partial charge in [-0.1, -0.05) is 0 Å². The quantitative estimate of drug-likeness (QED) is 0.306. The fourth-order valence-electron chi connectivity index (χ4n) is 1.25. The number of phenols is 2. The third kappa shape index (κ3) is 4.94. The van der Waals surface area contributed by atoms with Gasteiger partial charge in [-0.3, -0.25) is 0 Å². The van der Waals surface area contributed by atoms with Gasteiger partial charge in [0.2, 0.25) is 0 Å². The monoisotopic (exact) mass is 274 g/mol. The number of aryl methyl sites for hydroxylation is 1. The van der Waals surface area contributed by atoms with Crippen molar-refractivity contribution < 1.29 is 54.1 Å². The Hall–Kier alpha value is -1.50. The molecule has 2 N–H and O–H groups in total. The van der Waals surface area contributed by atoms with Crippen LogP contribution in [0.3, 0.4) is 0 Å². The van der Waals surface area contributed by atoms with Crippen molar-refractivity contribution in [3.8, 4) is 11.5 Å². The van der Waals surface area contributed by atoms with Crippen LogP contribution in [0.2, 0.25) is 0 Å². The van der Waals surface area contributed by atoms with Gasteiger partial charge in [0.15, 0.2) is 11.5 Å². The second kappa shape index (κ2) is 7.18. The summed E-state index contributed by atoms with van der Waals surface area (Å²) in [5.41, 5.74) is 0.279. The zero-order valence-electron chi connectivity index (χ0n) is 10.8. The molecular weight excluding hydrogens is 263 g/mol. The SMILES string of the molecule is CC(=O)[O-].Cc1cc2cc(O)c(O)cc2oc1=O.[Na+]. The summed E-state index contributed by atoms with van der Waals surface area (Å²) in [5.74, 6) is -1.62. The van der Waals surface area contributed by atoms with Crippen LogP contribution in [0.5, 0.6) is 11.5 Å². The largest absolute Gasteiger partial charge is 1.00 e. The maximum atomic E-state index is 11.1. The molecule has 0 saturated heterocycles. The van der Waals surface area contributed by atoms with Crippen molar-refractivity contribution >= 4 is 16.9 Å². The number of carboxylic acids is 1. The van der Waals surface area contributed by atoms with Crippen molar-refractivity contribution in [3.63, 3.8) is 0 Å². The summed E-state index contributed by atoms with van der Waals surface area (Å²) in [6.07, 6.45) is 0. The van der Waals surface area contributed by atoms with E-state index in [2.05, 4.69) is 0 Å². The zero-order chi connectivity index (χ0) is 13.9. The van der Waals surface area contributed by atoms with E-state index in [1.165, 1.54) is 12.1 Å². The molecule has 2 aromatic rings. The fourth-order valence-corrected chi connectivity index (χ4v) is 1.25. The summed E-state index contributed by atoms with van der Waals surface area (Å²) in [7, 11) is 0. The minimum atomic E-state index is -1.08. The van der Waals surface area contributed by atoms with Crippen LogP contribution < -0.4 is 40.3 Å². The molecule has 2 rings (SSSR count). The van der Waals surface area contributed by atoms with Crippen LogP contribution in [0.25, 0.3) is 11.0 Å². The van der Waals surface area contributed by atoms with E-state index in [1.807, 2.05) is 0 Å². The summed E-state index contributed by atoms with van der Waals surface area (Å²) in [4.78, 5) is 20.0. The number of rotatable bonds is 0. The van der Waals surface area contributed by atoms with Gasteiger partial charge in [0.05, 0.1) is 0 Å². The van der Waals surface area contributed by atoms with Crippen molar-refractivity contribution in [2.24, 2.45) is 0 Å². The molecular formula is C12H11NaO6. The van der Waals surface area contributed by atoms with Crippen molar-refractivity contribution in [1.82, 2.24) is 0 Å². The van der Waals surface area contributed by atoms with E-state index in [0.717, 1.165) is 6.92 Å². The Morgan fingerprint density at radius 2 is 1.68 bits per heavy atom. The van der Waals surface area contributed by atoms with Crippen molar-refractivity contribution in [2.45, 2.75) is 13.8 Å². The summed E-state index contributed by atoms with van der Waals surface area (Å²) in [6.45, 7) is 2.59. The van der Waals surface area contributed by atoms with Gasteiger partial charge in [0.25, 0.3) is 0 Å². The molecule has 1 heterocycles. The molecule has 7 heteroatoms. The molecule has 0 unspecified atom stereocenters. The van der Waals surface area contributed by atoms with E-state index in [4.69, 9.17) is 19.4 Å². The predicted octanol–water partition coefficient (Wildman–Crippen LogP) is -2.73. The number of hydrogen-bond acceptors (Lipinski definition) is 6. The van der Waals surface area contributed by atoms with Gasteiger partial charge in [-0.05, 0) is 26.0 Å². The minimum Gasteiger partial charge on any atom is -0.550 e. The Morgan fingerprint density at radius 1 is 1.21 bits per heavy atom. The molecule has 0 aliphatic heterocycles. The van der Waals surface area contributed by atoms with Crippen molar-refractivity contribution in [2.75, 3.05) is 0 Å². The Kier molecular flexibility index (Phi) is 6.61. The van der Waals surface area contributed by atoms with Crippen LogP contribution in [0.15, 0.2) is 27.4 Å². The Bertz CT molecular complexity index is 642. The van der Waals surface area contributed by atoms with E-state index in [-0.39, 0.29) is 46.6 Å². The van der Waals surface area contributed by atoms with Gasteiger partial charge in [-0.25, -0.2) is 4.79 Å². The van der Waals surface area contributed by atoms with Crippen LogP contribution in [-0.4, -0.2) is 16.2 Å². The van der Waals surface area contributed by atoms with Gasteiger partial charge in [0.1, 0.15) is 5.58 Å². The molecule has 0 radical (unpaired) electrons. The number of aliphatic carboxylic acids is 1. The first kappa shape index (κ1) is 17.5. The minimum absolute atomic E-state index is 0. The molecule has 19 heavy (non-hydrogen) atoms. The third-order valence-electron chi connectivity index (χ3n) is 2.00. The first-order valence-corrected chi connectivity index (χ1v) is 4.95. The Morgan fingerprint density at radius 3 is 2.21 bits per heavy atom. The first-order valence-electron chi connectivity index (χ1n) is 4.95. The van der Waals surface area contributed by atoms with Gasteiger partial charge in [-0.2, -0.15) is 0 Å². The Balaban J connectivity index is 0.000000576. The van der Waals surface area contributed by atoms with Crippen LogP contribution in [-0.2, 0) is 4.79 Å². The molecule has 0 atom stereocenters. The summed E-state index contributed by atoms with van der Waals surface area (Å²) < 4.78 is 4.90. The maximum Gasteiger partial charge on any atom is 1.00 e. The second-order valence-electron chi connectivity index (χ2n) is 3.59. The van der Waals surface area contributed by atoms with Gasteiger partial charge < -0.3 is 24.5 Å². The summed E-state index contributed by atoms with van der Waals surface area (Å²) in [5, 5.41) is 27.8. The van der Waals surface area contributed by atoms with Gasteiger partial charge in [-0.15, -0.1) is 0 Å². The molecule has 0 aliphatic rings. The van der Waals surface area contributed by atoms with E-state index >= 15 is 0 Å². The van der Waals surface area contributed by atoms with E-state index in [9.17, 15) is 9.90 Å². The number of benzene rings is 1. The second-order valence-corrected chi connectivity index (χ2v) is 3.59. The molecule has 0 amide bonds. The smallest absolute Gasteiger partial charge is 0.550 e. The van der Waals surface area contributed by atoms with E-state index in [0.29, 0.717) is 10.9 Å². The maximum absolute atomic E-state index is 11.1. The van der Waals surface area contributed by atoms with Crippen LogP contribution >= 0.6 is 0 Å². The molecule has 6 nitrogen and oxygen atoms in total. The normalized spacial score (nSPS) is 9.16. The average Bonchev–Trinajstić information content (AvgIpc) is 2.22. The molecule has 0 aliphatic carbocycles. The van der Waals surface area contributed by atoms with Crippen LogP contribution in [0.4, 0.5) is 0 Å². The molecule has 0 saturated carbocycles. The number of carbonyl (C=O) groups is 1. The molecule has 1 aromatic carbocycles. The molecule has 1 aromatic heterocycles. The van der Waals surface area contributed by atoms with Gasteiger partial charge in [0, 0.05) is 23.0 Å². The summed E-state index contributed by atoms with van der Waals surface area (Å²) in [6, 6.07) is 4.16. The number of aromatic hydroxyl groups is 2. The van der Waals surface area contributed by atoms with Crippen LogP contribution in [0, 0.1) is 6.92 Å². The molecule has 0 bridgehead atoms. The Labute approximate surface area is 130 Å². The number of fused-ring (bicyclic) bond motifs is 1. The number of phenolic OH excluding ortho intramolecular Hbond substituents is 2. The van der Waals surface area contributed by atoms with Crippen molar-refractivity contribution in [1.29, 1.82) is 0 Å². The van der Waals surface area contributed by atoms with Crippen molar-refractivity contribution in [3.05, 3.63) is 34.2 Å². The summed E-state index contributed by atoms with van der Waals surface area (Å²) >= 11 is 0. The molecule has 96 valence electrons. The van der Waals surface area contributed by atoms with E-state index in [1.54, 1.807) is 13.0 Å². The fraction of sp³-hybridized carbons (Fsp3) is 0.167. The van der Waals surface area contributed by atoms with Crippen LogP contribution in [0.1, 0.15) is 12.5 Å². The third-order valence-corrected chi connectivity index (χ3v) is 2.00. The number of carboxylic acid groups (broad SMARTS) is 1. The molecule has 0 fully saturated rings. The number of carbonyl (C=O) groups excluding carboxylic acids is 1. The standard InChI is InChI=1S/C10H8O4.C2H4O2.Na/c1-5-2-6-3-7(11)8(12)4-9(6)14-10(5)13;1-2(3)4;/h2-4,11-12H,1H3;1H3,(H,3,4);/q;;+1/p-1. The number of hydrogen-bond donors (Lipinski definition) is 2. The molecule has 0 spiro atoms. The van der Waals surface area contributed by atoms with E-state index < -0.39 is 11.6 Å².